The molecule has 0 spiro atoms. The van der Waals surface area contributed by atoms with Crippen molar-refractivity contribution in [3.8, 4) is 11.5 Å². The molecule has 1 aliphatic carbocycles. The van der Waals surface area contributed by atoms with Crippen LogP contribution in [-0.4, -0.2) is 48.2 Å². The Balaban J connectivity index is 2.17. The van der Waals surface area contributed by atoms with Crippen molar-refractivity contribution in [2.24, 2.45) is 0 Å². The standard InChI is InChI=1S/C17H23NO5/c1-11(17(20)21)18(2)16(19)12-8-9-14(15(10-12)22-3)23-13-6-4-5-7-13/h8-11,13H,4-7H2,1-3H3,(H,20,21). The third-order valence-corrected chi connectivity index (χ3v) is 4.27. The second kappa shape index (κ2) is 7.35. The molecule has 0 radical (unpaired) electrons. The Kier molecular flexibility index (Phi) is 5.47. The Morgan fingerprint density at radius 1 is 1.26 bits per heavy atom. The van der Waals surface area contributed by atoms with E-state index in [4.69, 9.17) is 14.6 Å². The van der Waals surface area contributed by atoms with Crippen LogP contribution in [0.1, 0.15) is 43.0 Å². The minimum atomic E-state index is -1.05. The fraction of sp³-hybridized carbons (Fsp3) is 0.529. The number of ether oxygens (including phenoxy) is 2. The third kappa shape index (κ3) is 3.94. The number of nitrogens with zero attached hydrogens (tertiary/aromatic N) is 1. The van der Waals surface area contributed by atoms with Gasteiger partial charge < -0.3 is 19.5 Å². The molecule has 1 unspecified atom stereocenters. The molecule has 6 nitrogen and oxygen atoms in total. The molecule has 23 heavy (non-hydrogen) atoms. The number of carboxylic acids is 1. The van der Waals surface area contributed by atoms with Gasteiger partial charge in [-0.1, -0.05) is 0 Å². The zero-order valence-corrected chi connectivity index (χ0v) is 13.7. The summed E-state index contributed by atoms with van der Waals surface area (Å²) in [6, 6.07) is 4.05. The van der Waals surface area contributed by atoms with Gasteiger partial charge in [0.15, 0.2) is 11.5 Å². The molecule has 1 atom stereocenters. The second-order valence-corrected chi connectivity index (χ2v) is 5.82. The van der Waals surface area contributed by atoms with Crippen LogP contribution in [-0.2, 0) is 4.79 Å². The molecule has 0 heterocycles. The van der Waals surface area contributed by atoms with Crippen LogP contribution >= 0.6 is 0 Å². The smallest absolute Gasteiger partial charge is 0.326 e. The topological polar surface area (TPSA) is 76.1 Å². The Morgan fingerprint density at radius 3 is 2.48 bits per heavy atom. The predicted molar refractivity (Wildman–Crippen MR) is 85.1 cm³/mol. The number of rotatable bonds is 6. The summed E-state index contributed by atoms with van der Waals surface area (Å²) in [6.45, 7) is 1.47. The third-order valence-electron chi connectivity index (χ3n) is 4.27. The SMILES string of the molecule is COc1cc(C(=O)N(C)C(C)C(=O)O)ccc1OC1CCCC1. The molecular formula is C17H23NO5. The van der Waals surface area contributed by atoms with E-state index in [0.29, 0.717) is 17.1 Å². The van der Waals surface area contributed by atoms with Crippen molar-refractivity contribution >= 4 is 11.9 Å². The summed E-state index contributed by atoms with van der Waals surface area (Å²) in [5, 5.41) is 9.01. The molecular weight excluding hydrogens is 298 g/mol. The van der Waals surface area contributed by atoms with Gasteiger partial charge >= 0.3 is 5.97 Å². The number of hydrogen-bond acceptors (Lipinski definition) is 4. The van der Waals surface area contributed by atoms with Gasteiger partial charge in [0.05, 0.1) is 13.2 Å². The van der Waals surface area contributed by atoms with E-state index in [0.717, 1.165) is 12.8 Å². The maximum atomic E-state index is 12.4. The average molecular weight is 321 g/mol. The molecule has 1 N–H and O–H groups in total. The van der Waals surface area contributed by atoms with E-state index in [2.05, 4.69) is 0 Å². The van der Waals surface area contributed by atoms with Crippen molar-refractivity contribution in [3.05, 3.63) is 23.8 Å². The van der Waals surface area contributed by atoms with Gasteiger partial charge in [0.1, 0.15) is 6.04 Å². The lowest BCUT2D eigenvalue weighted by Crippen LogP contribution is -2.40. The minimum Gasteiger partial charge on any atom is -0.493 e. The van der Waals surface area contributed by atoms with E-state index >= 15 is 0 Å². The maximum absolute atomic E-state index is 12.4. The second-order valence-electron chi connectivity index (χ2n) is 5.82. The van der Waals surface area contributed by atoms with Crippen LogP contribution in [0.25, 0.3) is 0 Å². The molecule has 1 saturated carbocycles. The number of carbonyl (C=O) groups is 2. The monoisotopic (exact) mass is 321 g/mol. The van der Waals surface area contributed by atoms with Gasteiger partial charge in [-0.25, -0.2) is 4.79 Å². The highest BCUT2D eigenvalue weighted by atomic mass is 16.5. The van der Waals surface area contributed by atoms with E-state index in [1.807, 2.05) is 0 Å². The van der Waals surface area contributed by atoms with Crippen LogP contribution < -0.4 is 9.47 Å². The lowest BCUT2D eigenvalue weighted by atomic mass is 10.1. The van der Waals surface area contributed by atoms with Crippen LogP contribution in [0.2, 0.25) is 0 Å². The van der Waals surface area contributed by atoms with Crippen molar-refractivity contribution < 1.29 is 24.2 Å². The molecule has 2 rings (SSSR count). The first-order valence-electron chi connectivity index (χ1n) is 7.78. The molecule has 1 aliphatic rings. The van der Waals surface area contributed by atoms with Crippen molar-refractivity contribution in [1.29, 1.82) is 0 Å². The normalized spacial score (nSPS) is 16.0. The number of likely N-dealkylation sites (N-methyl/N-ethyl adjacent to an activating group) is 1. The lowest BCUT2D eigenvalue weighted by Gasteiger charge is -2.22. The number of carbonyl (C=O) groups excluding carboxylic acids is 1. The molecule has 1 fully saturated rings. The summed E-state index contributed by atoms with van der Waals surface area (Å²) < 4.78 is 11.3. The van der Waals surface area contributed by atoms with Gasteiger partial charge in [-0.2, -0.15) is 0 Å². The highest BCUT2D eigenvalue weighted by molar-refractivity contribution is 5.96. The highest BCUT2D eigenvalue weighted by Crippen LogP contribution is 2.32. The molecule has 0 aromatic heterocycles. The summed E-state index contributed by atoms with van der Waals surface area (Å²) in [5.41, 5.74) is 0.372. The number of carboxylic acid groups (broad SMARTS) is 1. The number of benzene rings is 1. The van der Waals surface area contributed by atoms with Gasteiger partial charge in [-0.05, 0) is 50.8 Å². The number of methoxy groups -OCH3 is 1. The van der Waals surface area contributed by atoms with Crippen molar-refractivity contribution in [3.63, 3.8) is 0 Å². The van der Waals surface area contributed by atoms with Crippen LogP contribution in [0.5, 0.6) is 11.5 Å². The lowest BCUT2D eigenvalue weighted by molar-refractivity contribution is -0.141. The van der Waals surface area contributed by atoms with E-state index in [9.17, 15) is 9.59 Å². The van der Waals surface area contributed by atoms with Gasteiger partial charge in [-0.15, -0.1) is 0 Å². The van der Waals surface area contributed by atoms with Crippen LogP contribution in [0.15, 0.2) is 18.2 Å². The van der Waals surface area contributed by atoms with Gasteiger partial charge in [0.2, 0.25) is 0 Å². The van der Waals surface area contributed by atoms with Crippen LogP contribution in [0.3, 0.4) is 0 Å². The summed E-state index contributed by atoms with van der Waals surface area (Å²) in [4.78, 5) is 24.6. The largest absolute Gasteiger partial charge is 0.493 e. The molecule has 0 saturated heterocycles. The first-order chi connectivity index (χ1) is 10.9. The molecule has 1 aromatic rings. The number of aliphatic carboxylic acids is 1. The molecule has 126 valence electrons. The fourth-order valence-corrected chi connectivity index (χ4v) is 2.63. The Hall–Kier alpha value is -2.24. The van der Waals surface area contributed by atoms with Crippen LogP contribution in [0, 0.1) is 0 Å². The van der Waals surface area contributed by atoms with Crippen LogP contribution in [0.4, 0.5) is 0 Å². The summed E-state index contributed by atoms with van der Waals surface area (Å²) >= 11 is 0. The van der Waals surface area contributed by atoms with Crippen molar-refractivity contribution in [1.82, 2.24) is 4.90 Å². The summed E-state index contributed by atoms with van der Waals surface area (Å²) in [5.74, 6) is -0.316. The zero-order valence-electron chi connectivity index (χ0n) is 13.7. The first kappa shape index (κ1) is 17.1. The molecule has 0 bridgehead atoms. The fourth-order valence-electron chi connectivity index (χ4n) is 2.63. The maximum Gasteiger partial charge on any atom is 0.326 e. The summed E-state index contributed by atoms with van der Waals surface area (Å²) in [6.07, 6.45) is 4.59. The minimum absolute atomic E-state index is 0.195. The Morgan fingerprint density at radius 2 is 1.91 bits per heavy atom. The molecule has 1 amide bonds. The van der Waals surface area contributed by atoms with Gasteiger partial charge in [0, 0.05) is 12.6 Å². The van der Waals surface area contributed by atoms with E-state index in [-0.39, 0.29) is 12.0 Å². The Labute approximate surface area is 136 Å². The quantitative estimate of drug-likeness (QED) is 0.871. The van der Waals surface area contributed by atoms with Crippen molar-refractivity contribution in [2.45, 2.75) is 44.8 Å². The molecule has 6 heteroatoms. The van der Waals surface area contributed by atoms with Crippen molar-refractivity contribution in [2.75, 3.05) is 14.2 Å². The van der Waals surface area contributed by atoms with Gasteiger partial charge in [-0.3, -0.25) is 4.79 Å². The summed E-state index contributed by atoms with van der Waals surface area (Å²) in [7, 11) is 2.99. The average Bonchev–Trinajstić information content (AvgIpc) is 3.06. The van der Waals surface area contributed by atoms with E-state index in [1.54, 1.807) is 18.2 Å². The van der Waals surface area contributed by atoms with E-state index in [1.165, 1.54) is 38.8 Å². The zero-order chi connectivity index (χ0) is 17.0. The molecule has 0 aliphatic heterocycles. The highest BCUT2D eigenvalue weighted by Gasteiger charge is 2.24. The molecule has 1 aromatic carbocycles. The number of amides is 1. The Bertz CT molecular complexity index is 580. The first-order valence-corrected chi connectivity index (χ1v) is 7.78. The van der Waals surface area contributed by atoms with Gasteiger partial charge in [0.25, 0.3) is 5.91 Å². The van der Waals surface area contributed by atoms with E-state index < -0.39 is 12.0 Å². The number of hydrogen-bond donors (Lipinski definition) is 1. The predicted octanol–water partition coefficient (Wildman–Crippen LogP) is 2.56.